The van der Waals surface area contributed by atoms with Crippen LogP contribution in [0.25, 0.3) is 0 Å². The third-order valence-electron chi connectivity index (χ3n) is 4.00. The molecule has 1 amide bonds. The van der Waals surface area contributed by atoms with Crippen molar-refractivity contribution in [2.45, 2.75) is 52.4 Å². The van der Waals surface area contributed by atoms with Crippen LogP contribution >= 0.6 is 0 Å². The Labute approximate surface area is 148 Å². The van der Waals surface area contributed by atoms with Crippen LogP contribution in [0.5, 0.6) is 0 Å². The Morgan fingerprint density at radius 3 is 2.44 bits per heavy atom. The summed E-state index contributed by atoms with van der Waals surface area (Å²) < 4.78 is 10.6. The largest absolute Gasteiger partial charge is 0.461 e. The Hall–Kier alpha value is -2.37. The van der Waals surface area contributed by atoms with E-state index >= 15 is 0 Å². The lowest BCUT2D eigenvalue weighted by atomic mass is 9.89. The first-order valence-corrected chi connectivity index (χ1v) is 8.39. The van der Waals surface area contributed by atoms with Gasteiger partial charge in [0.25, 0.3) is 0 Å². The number of amides is 1. The molecule has 0 spiro atoms. The molecule has 0 aliphatic carbocycles. The third kappa shape index (κ3) is 5.31. The number of hydrogen-bond acceptors (Lipinski definition) is 5. The molecular formula is C19H25NO5. The minimum Gasteiger partial charge on any atom is -0.461 e. The van der Waals surface area contributed by atoms with Crippen molar-refractivity contribution in [2.24, 2.45) is 5.92 Å². The second-order valence-corrected chi connectivity index (χ2v) is 7.26. The van der Waals surface area contributed by atoms with E-state index in [2.05, 4.69) is 0 Å². The van der Waals surface area contributed by atoms with Gasteiger partial charge in [-0.15, -0.1) is 0 Å². The Balaban J connectivity index is 1.87. The number of ether oxygens (including phenoxy) is 2. The van der Waals surface area contributed by atoms with Crippen molar-refractivity contribution in [1.82, 2.24) is 4.90 Å². The third-order valence-corrected chi connectivity index (χ3v) is 4.00. The van der Waals surface area contributed by atoms with Crippen LogP contribution in [0.2, 0.25) is 0 Å². The number of β-lactam (4-membered cyclic amide) rings is 1. The lowest BCUT2D eigenvalue weighted by Crippen LogP contribution is -2.59. The number of carbonyl (C=O) groups is 3. The van der Waals surface area contributed by atoms with Crippen molar-refractivity contribution < 1.29 is 23.9 Å². The molecular weight excluding hydrogens is 322 g/mol. The van der Waals surface area contributed by atoms with Gasteiger partial charge in [0.15, 0.2) is 0 Å². The van der Waals surface area contributed by atoms with Crippen molar-refractivity contribution in [2.75, 3.05) is 6.54 Å². The van der Waals surface area contributed by atoms with Crippen molar-refractivity contribution in [3.05, 3.63) is 35.9 Å². The molecule has 1 aliphatic heterocycles. The number of benzene rings is 1. The molecule has 2 atom stereocenters. The number of carbonyl (C=O) groups excluding carboxylic acids is 3. The fourth-order valence-corrected chi connectivity index (χ4v) is 2.66. The van der Waals surface area contributed by atoms with Gasteiger partial charge in [-0.1, -0.05) is 30.3 Å². The van der Waals surface area contributed by atoms with Crippen molar-refractivity contribution in [3.63, 3.8) is 0 Å². The van der Waals surface area contributed by atoms with Crippen LogP contribution in [0.1, 0.15) is 39.7 Å². The van der Waals surface area contributed by atoms with Crippen LogP contribution < -0.4 is 0 Å². The highest BCUT2D eigenvalue weighted by molar-refractivity contribution is 5.89. The maximum Gasteiger partial charge on any atom is 0.326 e. The second-order valence-electron chi connectivity index (χ2n) is 7.26. The van der Waals surface area contributed by atoms with Gasteiger partial charge in [-0.3, -0.25) is 14.4 Å². The normalized spacial score (nSPS) is 18.3. The minimum absolute atomic E-state index is 0.142. The fraction of sp³-hybridized carbons (Fsp3) is 0.526. The predicted molar refractivity (Wildman–Crippen MR) is 91.4 cm³/mol. The standard InChI is InChI=1S/C19H25NO5/c1-13(18(23)24-12-14-8-6-5-7-9-14)15-10-16(21)20(15)11-17(22)25-19(2,3)4/h5-9,13,15H,10-12H2,1-4H3/t13-,15+/m1/s1. The van der Waals surface area contributed by atoms with E-state index in [0.29, 0.717) is 0 Å². The number of nitrogens with zero attached hydrogens (tertiary/aromatic N) is 1. The van der Waals surface area contributed by atoms with Crippen molar-refractivity contribution in [1.29, 1.82) is 0 Å². The van der Waals surface area contributed by atoms with E-state index in [-0.39, 0.29) is 37.5 Å². The Kier molecular flexibility index (Phi) is 5.82. The summed E-state index contributed by atoms with van der Waals surface area (Å²) in [6.07, 6.45) is 0.240. The fourth-order valence-electron chi connectivity index (χ4n) is 2.66. The average molecular weight is 347 g/mol. The van der Waals surface area contributed by atoms with Gasteiger partial charge < -0.3 is 14.4 Å². The van der Waals surface area contributed by atoms with E-state index < -0.39 is 17.5 Å². The van der Waals surface area contributed by atoms with Crippen LogP contribution in [0.15, 0.2) is 30.3 Å². The zero-order valence-electron chi connectivity index (χ0n) is 15.2. The molecule has 0 saturated carbocycles. The molecule has 25 heavy (non-hydrogen) atoms. The lowest BCUT2D eigenvalue weighted by molar-refractivity contribution is -0.170. The van der Waals surface area contributed by atoms with E-state index in [1.807, 2.05) is 30.3 Å². The Morgan fingerprint density at radius 1 is 1.24 bits per heavy atom. The number of rotatable bonds is 6. The van der Waals surface area contributed by atoms with Gasteiger partial charge in [0.2, 0.25) is 5.91 Å². The first kappa shape index (κ1) is 19.0. The number of esters is 2. The number of hydrogen-bond donors (Lipinski definition) is 0. The molecule has 0 unspecified atom stereocenters. The first-order chi connectivity index (χ1) is 11.7. The molecule has 2 rings (SSSR count). The van der Waals surface area contributed by atoms with E-state index in [4.69, 9.17) is 9.47 Å². The molecule has 1 heterocycles. The van der Waals surface area contributed by atoms with Gasteiger partial charge in [0.05, 0.1) is 12.0 Å². The van der Waals surface area contributed by atoms with E-state index in [0.717, 1.165) is 5.56 Å². The van der Waals surface area contributed by atoms with Crippen LogP contribution in [-0.4, -0.2) is 40.9 Å². The summed E-state index contributed by atoms with van der Waals surface area (Å²) in [5, 5.41) is 0. The molecule has 1 aromatic rings. The van der Waals surface area contributed by atoms with E-state index in [1.165, 1.54) is 4.90 Å². The highest BCUT2D eigenvalue weighted by Crippen LogP contribution is 2.27. The highest BCUT2D eigenvalue weighted by atomic mass is 16.6. The van der Waals surface area contributed by atoms with Gasteiger partial charge in [0.1, 0.15) is 18.8 Å². The maximum absolute atomic E-state index is 12.2. The molecule has 6 heteroatoms. The zero-order chi connectivity index (χ0) is 18.6. The van der Waals surface area contributed by atoms with Gasteiger partial charge in [-0.25, -0.2) is 0 Å². The molecule has 136 valence electrons. The van der Waals surface area contributed by atoms with Crippen LogP contribution in [0, 0.1) is 5.92 Å². The summed E-state index contributed by atoms with van der Waals surface area (Å²) in [6, 6.07) is 9.06. The second kappa shape index (κ2) is 7.68. The highest BCUT2D eigenvalue weighted by Gasteiger charge is 2.44. The van der Waals surface area contributed by atoms with Gasteiger partial charge >= 0.3 is 11.9 Å². The monoisotopic (exact) mass is 347 g/mol. The minimum atomic E-state index is -0.610. The zero-order valence-corrected chi connectivity index (χ0v) is 15.2. The van der Waals surface area contributed by atoms with E-state index in [1.54, 1.807) is 27.7 Å². The smallest absolute Gasteiger partial charge is 0.326 e. The SMILES string of the molecule is C[C@@H](C(=O)OCc1ccccc1)[C@@H]1CC(=O)N1CC(=O)OC(C)(C)C. The summed E-state index contributed by atoms with van der Waals surface area (Å²) in [6.45, 7) is 7.07. The summed E-state index contributed by atoms with van der Waals surface area (Å²) in [5.74, 6) is -1.51. The Morgan fingerprint density at radius 2 is 1.88 bits per heavy atom. The van der Waals surface area contributed by atoms with Crippen LogP contribution in [0.3, 0.4) is 0 Å². The molecule has 0 N–H and O–H groups in total. The van der Waals surface area contributed by atoms with Gasteiger partial charge in [0, 0.05) is 6.42 Å². The molecule has 1 fully saturated rings. The molecule has 0 bridgehead atoms. The average Bonchev–Trinajstić information content (AvgIpc) is 2.54. The van der Waals surface area contributed by atoms with Gasteiger partial charge in [-0.2, -0.15) is 0 Å². The first-order valence-electron chi connectivity index (χ1n) is 8.39. The molecule has 1 aliphatic rings. The molecule has 1 aromatic carbocycles. The van der Waals surface area contributed by atoms with Crippen LogP contribution in [0.4, 0.5) is 0 Å². The quantitative estimate of drug-likeness (QED) is 0.583. The number of likely N-dealkylation sites (tertiary alicyclic amines) is 1. The summed E-state index contributed by atoms with van der Waals surface area (Å²) >= 11 is 0. The van der Waals surface area contributed by atoms with Gasteiger partial charge in [-0.05, 0) is 33.3 Å². The molecule has 1 saturated heterocycles. The summed E-state index contributed by atoms with van der Waals surface area (Å²) in [7, 11) is 0. The molecule has 0 radical (unpaired) electrons. The maximum atomic E-state index is 12.2. The van der Waals surface area contributed by atoms with E-state index in [9.17, 15) is 14.4 Å². The van der Waals surface area contributed by atoms with Crippen molar-refractivity contribution in [3.8, 4) is 0 Å². The lowest BCUT2D eigenvalue weighted by Gasteiger charge is -2.42. The summed E-state index contributed by atoms with van der Waals surface area (Å²) in [5.41, 5.74) is 0.291. The van der Waals surface area contributed by atoms with Crippen molar-refractivity contribution >= 4 is 17.8 Å². The molecule has 6 nitrogen and oxygen atoms in total. The topological polar surface area (TPSA) is 72.9 Å². The Bertz CT molecular complexity index is 635. The molecule has 0 aromatic heterocycles. The van der Waals surface area contributed by atoms with Crippen LogP contribution in [-0.2, 0) is 30.5 Å². The summed E-state index contributed by atoms with van der Waals surface area (Å²) in [4.78, 5) is 37.4. The predicted octanol–water partition coefficient (Wildman–Crippen LogP) is 2.31.